The summed E-state index contributed by atoms with van der Waals surface area (Å²) in [5, 5.41) is 10.7. The molecule has 1 N–H and O–H groups in total. The van der Waals surface area contributed by atoms with Gasteiger partial charge in [-0.1, -0.05) is 18.2 Å². The zero-order chi connectivity index (χ0) is 10.8. The van der Waals surface area contributed by atoms with Gasteiger partial charge in [-0.3, -0.25) is 0 Å². The minimum atomic E-state index is -2.49. The van der Waals surface area contributed by atoms with E-state index in [1.54, 1.807) is 24.3 Å². The molecule has 2 aromatic rings. The van der Waals surface area contributed by atoms with E-state index in [0.717, 1.165) is 5.39 Å². The topological polar surface area (TPSA) is 66.7 Å². The van der Waals surface area contributed by atoms with Gasteiger partial charge in [-0.25, -0.2) is 0 Å². The third-order valence-electron chi connectivity index (χ3n) is 2.02. The molecule has 0 heterocycles. The van der Waals surface area contributed by atoms with Gasteiger partial charge >= 0.3 is 10.5 Å². The number of fused-ring (bicyclic) bond motifs is 1. The maximum Gasteiger partial charge on any atom is 0.316 e. The van der Waals surface area contributed by atoms with Crippen LogP contribution >= 0.6 is 0 Å². The largest absolute Gasteiger partial charge is 0.508 e. The maximum absolute atomic E-state index is 10.5. The fourth-order valence-corrected chi connectivity index (χ4v) is 1.72. The molecule has 5 heteroatoms. The molecule has 76 valence electrons. The summed E-state index contributed by atoms with van der Waals surface area (Å²) < 4.78 is 24.4. The van der Waals surface area contributed by atoms with E-state index in [2.05, 4.69) is 4.36 Å². The van der Waals surface area contributed by atoms with Crippen molar-refractivity contribution in [3.63, 3.8) is 0 Å². The van der Waals surface area contributed by atoms with Crippen LogP contribution in [0.4, 0.5) is 5.69 Å². The molecule has 2 aromatic carbocycles. The molecule has 15 heavy (non-hydrogen) atoms. The highest BCUT2D eigenvalue weighted by Gasteiger charge is 2.00. The van der Waals surface area contributed by atoms with Crippen molar-refractivity contribution in [2.24, 2.45) is 4.36 Å². The van der Waals surface area contributed by atoms with E-state index >= 15 is 0 Å². The van der Waals surface area contributed by atoms with Gasteiger partial charge in [-0.2, -0.15) is 8.42 Å². The van der Waals surface area contributed by atoms with Crippen molar-refractivity contribution in [3.8, 4) is 5.75 Å². The first-order valence-electron chi connectivity index (χ1n) is 4.20. The summed E-state index contributed by atoms with van der Waals surface area (Å²) >= 11 is 0. The number of hydrogen-bond donors (Lipinski definition) is 1. The third-order valence-corrected chi connectivity index (χ3v) is 2.36. The molecule has 0 bridgehead atoms. The summed E-state index contributed by atoms with van der Waals surface area (Å²) in [6, 6.07) is 9.85. The summed E-state index contributed by atoms with van der Waals surface area (Å²) in [5.41, 5.74) is 0.330. The smallest absolute Gasteiger partial charge is 0.316 e. The Balaban J connectivity index is 2.85. The van der Waals surface area contributed by atoms with E-state index in [-0.39, 0.29) is 5.75 Å². The second kappa shape index (κ2) is 3.70. The lowest BCUT2D eigenvalue weighted by Crippen LogP contribution is -1.73. The Hall–Kier alpha value is -1.88. The molecular formula is C10H7NO3S. The minimum Gasteiger partial charge on any atom is -0.508 e. The van der Waals surface area contributed by atoms with Crippen molar-refractivity contribution >= 4 is 27.0 Å². The van der Waals surface area contributed by atoms with Gasteiger partial charge in [0.15, 0.2) is 0 Å². The molecular weight excluding hydrogens is 214 g/mol. The van der Waals surface area contributed by atoms with Gasteiger partial charge in [0.1, 0.15) is 5.75 Å². The van der Waals surface area contributed by atoms with Crippen LogP contribution in [0.2, 0.25) is 0 Å². The molecule has 0 aromatic heterocycles. The van der Waals surface area contributed by atoms with Crippen LogP contribution in [-0.4, -0.2) is 13.5 Å². The van der Waals surface area contributed by atoms with Crippen LogP contribution in [0.15, 0.2) is 40.8 Å². The van der Waals surface area contributed by atoms with Gasteiger partial charge in [0, 0.05) is 5.39 Å². The van der Waals surface area contributed by atoms with E-state index in [1.165, 1.54) is 6.07 Å². The second-order valence-corrected chi connectivity index (χ2v) is 3.61. The number of hydrogen-bond acceptors (Lipinski definition) is 4. The Bertz CT molecular complexity index is 639. The van der Waals surface area contributed by atoms with Crippen LogP contribution in [-0.2, 0) is 10.5 Å². The zero-order valence-electron chi connectivity index (χ0n) is 7.58. The van der Waals surface area contributed by atoms with E-state index < -0.39 is 10.5 Å². The number of nitrogens with zero attached hydrogens (tertiary/aromatic N) is 1. The summed E-state index contributed by atoms with van der Waals surface area (Å²) in [6.07, 6.45) is 0. The Morgan fingerprint density at radius 1 is 1.13 bits per heavy atom. The summed E-state index contributed by atoms with van der Waals surface area (Å²) in [7, 11) is -2.49. The summed E-state index contributed by atoms with van der Waals surface area (Å²) in [5.74, 6) is 0.0850. The van der Waals surface area contributed by atoms with Crippen molar-refractivity contribution in [3.05, 3.63) is 36.4 Å². The number of rotatable bonds is 1. The van der Waals surface area contributed by atoms with Crippen molar-refractivity contribution in [2.75, 3.05) is 0 Å². The van der Waals surface area contributed by atoms with E-state index in [0.29, 0.717) is 11.1 Å². The van der Waals surface area contributed by atoms with Gasteiger partial charge in [0.25, 0.3) is 0 Å². The van der Waals surface area contributed by atoms with Crippen LogP contribution in [0.25, 0.3) is 10.8 Å². The Morgan fingerprint density at radius 2 is 1.93 bits per heavy atom. The molecule has 0 amide bonds. The molecule has 4 nitrogen and oxygen atoms in total. The highest BCUT2D eigenvalue weighted by molar-refractivity contribution is 7.61. The SMILES string of the molecule is O=S(=O)=Nc1cccc2ccc(O)cc12. The van der Waals surface area contributed by atoms with Crippen LogP contribution in [0.3, 0.4) is 0 Å². The Kier molecular flexibility index (Phi) is 2.39. The Morgan fingerprint density at radius 3 is 2.67 bits per heavy atom. The van der Waals surface area contributed by atoms with Gasteiger partial charge in [-0.05, 0) is 23.6 Å². The number of aromatic hydroxyl groups is 1. The van der Waals surface area contributed by atoms with Crippen molar-refractivity contribution in [2.45, 2.75) is 0 Å². The van der Waals surface area contributed by atoms with Crippen molar-refractivity contribution in [1.82, 2.24) is 0 Å². The minimum absolute atomic E-state index is 0.0850. The normalized spacial score (nSPS) is 10.1. The van der Waals surface area contributed by atoms with Gasteiger partial charge in [0.05, 0.1) is 5.69 Å². The first-order chi connectivity index (χ1) is 7.16. The fourth-order valence-electron chi connectivity index (χ4n) is 1.40. The van der Waals surface area contributed by atoms with Crippen LogP contribution in [0, 0.1) is 0 Å². The molecule has 0 saturated carbocycles. The lowest BCUT2D eigenvalue weighted by atomic mass is 10.1. The summed E-state index contributed by atoms with van der Waals surface area (Å²) in [4.78, 5) is 0. The highest BCUT2D eigenvalue weighted by atomic mass is 32.2. The lowest BCUT2D eigenvalue weighted by Gasteiger charge is -2.00. The fraction of sp³-hybridized carbons (Fsp3) is 0. The molecule has 0 unspecified atom stereocenters. The predicted molar refractivity (Wildman–Crippen MR) is 56.6 cm³/mol. The van der Waals surface area contributed by atoms with Gasteiger partial charge in [0.2, 0.25) is 0 Å². The van der Waals surface area contributed by atoms with Crippen LogP contribution in [0.5, 0.6) is 5.75 Å². The Labute approximate surface area is 87.5 Å². The monoisotopic (exact) mass is 221 g/mol. The average Bonchev–Trinajstić information content (AvgIpc) is 2.18. The maximum atomic E-state index is 10.5. The standard InChI is InChI=1S/C10H7NO3S/c12-8-5-4-7-2-1-3-10(9(7)6-8)11-15(13)14/h1-6,12H. The molecule has 0 aliphatic rings. The molecule has 0 fully saturated rings. The molecule has 0 atom stereocenters. The second-order valence-electron chi connectivity index (χ2n) is 2.99. The van der Waals surface area contributed by atoms with E-state index in [1.807, 2.05) is 6.07 Å². The van der Waals surface area contributed by atoms with Crippen molar-refractivity contribution < 1.29 is 13.5 Å². The quantitative estimate of drug-likeness (QED) is 0.803. The predicted octanol–water partition coefficient (Wildman–Crippen LogP) is 2.24. The first-order valence-corrected chi connectivity index (χ1v) is 5.23. The van der Waals surface area contributed by atoms with Crippen molar-refractivity contribution in [1.29, 1.82) is 0 Å². The van der Waals surface area contributed by atoms with E-state index in [9.17, 15) is 13.5 Å². The number of phenols is 1. The number of benzene rings is 2. The van der Waals surface area contributed by atoms with Crippen LogP contribution in [0.1, 0.15) is 0 Å². The molecule has 2 rings (SSSR count). The lowest BCUT2D eigenvalue weighted by molar-refractivity contribution is 0.476. The third kappa shape index (κ3) is 1.97. The first kappa shape index (κ1) is 9.67. The highest BCUT2D eigenvalue weighted by Crippen LogP contribution is 2.28. The molecule has 0 saturated heterocycles. The summed E-state index contributed by atoms with van der Waals surface area (Å²) in [6.45, 7) is 0. The molecule has 0 aliphatic carbocycles. The zero-order valence-corrected chi connectivity index (χ0v) is 8.40. The molecule has 0 spiro atoms. The number of phenolic OH excluding ortho intramolecular Hbond substituents is 1. The van der Waals surface area contributed by atoms with E-state index in [4.69, 9.17) is 0 Å². The van der Waals surface area contributed by atoms with Gasteiger partial charge < -0.3 is 5.11 Å². The van der Waals surface area contributed by atoms with Gasteiger partial charge in [-0.15, -0.1) is 4.36 Å². The average molecular weight is 221 g/mol. The molecule has 0 aliphatic heterocycles. The van der Waals surface area contributed by atoms with Crippen LogP contribution < -0.4 is 0 Å². The molecule has 0 radical (unpaired) electrons.